The standard InChI is InChI=1S/C24H29NO2/c1-25(2)22-16-13-20(14-17-22)11-9-7-5-4-6-8-10-12-21-15-18-23(26)24(19-21)27-3/h5,7,9-19,26H,4,6,8H2,1-3H3. The molecule has 0 radical (unpaired) electrons. The summed E-state index contributed by atoms with van der Waals surface area (Å²) in [6.45, 7) is 0. The van der Waals surface area contributed by atoms with E-state index in [4.69, 9.17) is 4.74 Å². The van der Waals surface area contributed by atoms with Crippen LogP contribution < -0.4 is 9.64 Å². The van der Waals surface area contributed by atoms with Crippen LogP contribution >= 0.6 is 0 Å². The Morgan fingerprint density at radius 2 is 1.59 bits per heavy atom. The average Bonchev–Trinajstić information content (AvgIpc) is 2.68. The molecule has 0 unspecified atom stereocenters. The molecule has 2 rings (SSSR count). The zero-order chi connectivity index (χ0) is 19.5. The quantitative estimate of drug-likeness (QED) is 0.443. The van der Waals surface area contributed by atoms with Crippen molar-refractivity contribution < 1.29 is 9.84 Å². The van der Waals surface area contributed by atoms with E-state index in [-0.39, 0.29) is 5.75 Å². The van der Waals surface area contributed by atoms with Crippen LogP contribution in [0.15, 0.2) is 66.8 Å². The molecule has 2 aromatic carbocycles. The molecule has 142 valence electrons. The van der Waals surface area contributed by atoms with E-state index in [2.05, 4.69) is 65.6 Å². The molecule has 0 saturated carbocycles. The predicted octanol–water partition coefficient (Wildman–Crippen LogP) is 5.92. The lowest BCUT2D eigenvalue weighted by atomic mass is 10.1. The summed E-state index contributed by atoms with van der Waals surface area (Å²) in [7, 11) is 5.65. The fourth-order valence-electron chi connectivity index (χ4n) is 2.60. The monoisotopic (exact) mass is 363 g/mol. The second-order valence-corrected chi connectivity index (χ2v) is 6.54. The number of hydrogen-bond donors (Lipinski definition) is 1. The van der Waals surface area contributed by atoms with Crippen molar-refractivity contribution in [3.8, 4) is 11.5 Å². The number of hydrogen-bond acceptors (Lipinski definition) is 3. The van der Waals surface area contributed by atoms with Gasteiger partial charge in [0.15, 0.2) is 11.5 Å². The van der Waals surface area contributed by atoms with Gasteiger partial charge in [-0.25, -0.2) is 0 Å². The molecule has 2 aromatic rings. The first-order chi connectivity index (χ1) is 13.1. The highest BCUT2D eigenvalue weighted by molar-refractivity contribution is 5.57. The van der Waals surface area contributed by atoms with Crippen LogP contribution in [0.4, 0.5) is 5.69 Å². The van der Waals surface area contributed by atoms with E-state index in [9.17, 15) is 5.11 Å². The number of rotatable bonds is 9. The second-order valence-electron chi connectivity index (χ2n) is 6.54. The van der Waals surface area contributed by atoms with Crippen LogP contribution in [-0.2, 0) is 0 Å². The second kappa shape index (κ2) is 10.9. The highest BCUT2D eigenvalue weighted by atomic mass is 16.5. The maximum absolute atomic E-state index is 9.59. The van der Waals surface area contributed by atoms with Crippen molar-refractivity contribution in [3.63, 3.8) is 0 Å². The molecule has 0 spiro atoms. The minimum Gasteiger partial charge on any atom is -0.504 e. The third-order valence-electron chi connectivity index (χ3n) is 4.20. The molecule has 0 amide bonds. The zero-order valence-corrected chi connectivity index (χ0v) is 16.4. The van der Waals surface area contributed by atoms with Crippen molar-refractivity contribution in [2.24, 2.45) is 0 Å². The summed E-state index contributed by atoms with van der Waals surface area (Å²) >= 11 is 0. The lowest BCUT2D eigenvalue weighted by Gasteiger charge is -2.11. The molecule has 0 heterocycles. The number of phenols is 1. The molecule has 3 heteroatoms. The maximum atomic E-state index is 9.59. The van der Waals surface area contributed by atoms with E-state index in [1.165, 1.54) is 11.3 Å². The van der Waals surface area contributed by atoms with E-state index >= 15 is 0 Å². The lowest BCUT2D eigenvalue weighted by Crippen LogP contribution is -2.07. The Balaban J connectivity index is 1.69. The molecule has 0 aliphatic heterocycles. The number of aromatic hydroxyl groups is 1. The molecule has 0 aliphatic carbocycles. The summed E-state index contributed by atoms with van der Waals surface area (Å²) < 4.78 is 5.11. The summed E-state index contributed by atoms with van der Waals surface area (Å²) in [5, 5.41) is 9.59. The van der Waals surface area contributed by atoms with E-state index in [1.54, 1.807) is 13.2 Å². The van der Waals surface area contributed by atoms with Gasteiger partial charge in [-0.15, -0.1) is 0 Å². The molecular weight excluding hydrogens is 334 g/mol. The van der Waals surface area contributed by atoms with Crippen molar-refractivity contribution in [1.82, 2.24) is 0 Å². The molecule has 0 aliphatic rings. The molecule has 1 N–H and O–H groups in total. The first kappa shape index (κ1) is 20.4. The summed E-state index contributed by atoms with van der Waals surface area (Å²) in [5.41, 5.74) is 3.45. The molecule has 0 atom stereocenters. The van der Waals surface area contributed by atoms with E-state index in [0.29, 0.717) is 5.75 Å². The Kier molecular flexibility index (Phi) is 8.24. The fourth-order valence-corrected chi connectivity index (χ4v) is 2.60. The van der Waals surface area contributed by atoms with Crippen LogP contribution in [0, 0.1) is 0 Å². The van der Waals surface area contributed by atoms with E-state index in [0.717, 1.165) is 24.8 Å². The Bertz CT molecular complexity index is 787. The smallest absolute Gasteiger partial charge is 0.161 e. The Morgan fingerprint density at radius 1 is 0.889 bits per heavy atom. The van der Waals surface area contributed by atoms with Crippen LogP contribution in [0.1, 0.15) is 30.4 Å². The molecule has 0 aromatic heterocycles. The van der Waals surface area contributed by atoms with E-state index < -0.39 is 0 Å². The number of ether oxygens (including phenoxy) is 1. The Labute approximate surface area is 162 Å². The average molecular weight is 364 g/mol. The lowest BCUT2D eigenvalue weighted by molar-refractivity contribution is 0.373. The van der Waals surface area contributed by atoms with Crippen molar-refractivity contribution in [1.29, 1.82) is 0 Å². The number of allylic oxidation sites excluding steroid dienone is 4. The largest absolute Gasteiger partial charge is 0.504 e. The van der Waals surface area contributed by atoms with Crippen LogP contribution in [0.5, 0.6) is 11.5 Å². The van der Waals surface area contributed by atoms with Gasteiger partial charge < -0.3 is 14.7 Å². The molecule has 3 nitrogen and oxygen atoms in total. The van der Waals surface area contributed by atoms with Crippen molar-refractivity contribution >= 4 is 17.8 Å². The van der Waals surface area contributed by atoms with Crippen LogP contribution in [0.25, 0.3) is 12.2 Å². The highest BCUT2D eigenvalue weighted by Crippen LogP contribution is 2.26. The highest BCUT2D eigenvalue weighted by Gasteiger charge is 1.99. The van der Waals surface area contributed by atoms with Gasteiger partial charge in [0.25, 0.3) is 0 Å². The minimum absolute atomic E-state index is 0.168. The van der Waals surface area contributed by atoms with Crippen LogP contribution in [0.2, 0.25) is 0 Å². The summed E-state index contributed by atoms with van der Waals surface area (Å²) in [5.74, 6) is 0.671. The van der Waals surface area contributed by atoms with Gasteiger partial charge in [0.1, 0.15) is 0 Å². The van der Waals surface area contributed by atoms with Gasteiger partial charge in [0.2, 0.25) is 0 Å². The Hall–Kier alpha value is -2.94. The normalized spacial score (nSPS) is 11.7. The zero-order valence-electron chi connectivity index (χ0n) is 16.4. The van der Waals surface area contributed by atoms with Gasteiger partial charge >= 0.3 is 0 Å². The third kappa shape index (κ3) is 7.06. The number of anilines is 1. The van der Waals surface area contributed by atoms with Gasteiger partial charge in [0.05, 0.1) is 7.11 Å². The van der Waals surface area contributed by atoms with Gasteiger partial charge in [-0.3, -0.25) is 0 Å². The van der Waals surface area contributed by atoms with Gasteiger partial charge in [-0.1, -0.05) is 54.7 Å². The minimum atomic E-state index is 0.168. The summed E-state index contributed by atoms with van der Waals surface area (Å²) in [6.07, 6.45) is 15.9. The van der Waals surface area contributed by atoms with Crippen molar-refractivity contribution in [2.45, 2.75) is 19.3 Å². The maximum Gasteiger partial charge on any atom is 0.161 e. The molecule has 0 saturated heterocycles. The first-order valence-corrected chi connectivity index (χ1v) is 9.24. The first-order valence-electron chi connectivity index (χ1n) is 9.24. The van der Waals surface area contributed by atoms with E-state index in [1.807, 2.05) is 26.2 Å². The van der Waals surface area contributed by atoms with Crippen LogP contribution in [-0.4, -0.2) is 26.3 Å². The molecule has 0 fully saturated rings. The van der Waals surface area contributed by atoms with Gasteiger partial charge in [0, 0.05) is 19.8 Å². The molecular formula is C24H29NO2. The van der Waals surface area contributed by atoms with Crippen LogP contribution in [0.3, 0.4) is 0 Å². The summed E-state index contributed by atoms with van der Waals surface area (Å²) in [6, 6.07) is 13.9. The SMILES string of the molecule is COc1cc(C=CCCCC=CC=Cc2ccc(N(C)C)cc2)ccc1O. The van der Waals surface area contributed by atoms with Crippen molar-refractivity contribution in [2.75, 3.05) is 26.1 Å². The summed E-state index contributed by atoms with van der Waals surface area (Å²) in [4.78, 5) is 2.10. The number of methoxy groups -OCH3 is 1. The topological polar surface area (TPSA) is 32.7 Å². The predicted molar refractivity (Wildman–Crippen MR) is 116 cm³/mol. The van der Waals surface area contributed by atoms with Gasteiger partial charge in [-0.05, 0) is 54.7 Å². The van der Waals surface area contributed by atoms with Gasteiger partial charge in [-0.2, -0.15) is 0 Å². The number of phenolic OH excluding ortho intramolecular Hbond substituents is 1. The molecule has 27 heavy (non-hydrogen) atoms. The number of benzene rings is 2. The Morgan fingerprint density at radius 3 is 2.30 bits per heavy atom. The third-order valence-corrected chi connectivity index (χ3v) is 4.20. The number of unbranched alkanes of at least 4 members (excludes halogenated alkanes) is 2. The molecule has 0 bridgehead atoms. The number of nitrogens with zero attached hydrogens (tertiary/aromatic N) is 1. The fraction of sp³-hybridized carbons (Fsp3) is 0.250. The van der Waals surface area contributed by atoms with Crippen molar-refractivity contribution in [3.05, 3.63) is 77.9 Å².